The second kappa shape index (κ2) is 2.51. The summed E-state index contributed by atoms with van der Waals surface area (Å²) in [6.45, 7) is -0.185. The Morgan fingerprint density at radius 1 is 1.43 bits per heavy atom. The van der Waals surface area contributed by atoms with Gasteiger partial charge < -0.3 is 0 Å². The Labute approximate surface area is 52.2 Å². The average Bonchev–Trinajstić information content (AvgIpc) is 1.69. The van der Waals surface area contributed by atoms with E-state index in [9.17, 15) is 0 Å². The molecule has 0 saturated carbocycles. The molecule has 36 valence electrons. The topological polar surface area (TPSA) is 0 Å². The van der Waals surface area contributed by atoms with E-state index in [1.165, 1.54) is 6.04 Å². The van der Waals surface area contributed by atoms with Gasteiger partial charge in [-0.25, -0.2) is 0 Å². The number of hydrogen-bond donors (Lipinski definition) is 0. The second-order valence-electron chi connectivity index (χ2n) is 1.46. The molecule has 0 amide bonds. The summed E-state index contributed by atoms with van der Waals surface area (Å²) in [7, 11) is 0. The van der Waals surface area contributed by atoms with E-state index in [-0.39, 0.29) is 6.94 Å². The Bertz CT molecular complexity index is 135. The van der Waals surface area contributed by atoms with Crippen LogP contribution in [0.4, 0.5) is 0 Å². The zero-order valence-corrected chi connectivity index (χ0v) is 6.64. The van der Waals surface area contributed by atoms with Gasteiger partial charge in [0.25, 0.3) is 0 Å². The number of allylic oxidation sites excluding steroid dienone is 3. The molecule has 0 unspecified atom stereocenters. The molecular formula is C5H6SeSi. The Morgan fingerprint density at radius 3 is 2.57 bits per heavy atom. The van der Waals surface area contributed by atoms with Crippen molar-refractivity contribution in [3.63, 3.8) is 0 Å². The normalized spacial score (nSPS) is 18.0. The fraction of sp³-hybridized carbons (Fsp3) is 0.200. The maximum atomic E-state index is 3.14. The van der Waals surface area contributed by atoms with Crippen LogP contribution in [-0.2, 0) is 0 Å². The van der Waals surface area contributed by atoms with Crippen LogP contribution in [0.15, 0.2) is 23.9 Å². The maximum absolute atomic E-state index is 3.14. The second-order valence-corrected chi connectivity index (χ2v) is 6.43. The van der Waals surface area contributed by atoms with Crippen LogP contribution in [0.1, 0.15) is 0 Å². The zero-order chi connectivity index (χ0) is 5.11. The first kappa shape index (κ1) is 5.35. The van der Waals surface area contributed by atoms with E-state index in [0.717, 1.165) is 0 Å². The van der Waals surface area contributed by atoms with Gasteiger partial charge in [0.2, 0.25) is 0 Å². The molecule has 0 N–H and O–H groups in total. The predicted octanol–water partition coefficient (Wildman–Crippen LogP) is 0.812. The predicted molar refractivity (Wildman–Crippen MR) is 34.6 cm³/mol. The molecule has 1 rings (SSSR count). The number of hydrogen-bond acceptors (Lipinski definition) is 0. The molecular weight excluding hydrogens is 167 g/mol. The van der Waals surface area contributed by atoms with Gasteiger partial charge in [0, 0.05) is 0 Å². The molecule has 7 heavy (non-hydrogen) atoms. The molecule has 0 saturated heterocycles. The van der Waals surface area contributed by atoms with E-state index in [2.05, 4.69) is 38.8 Å². The SMILES string of the molecule is [Se]=[Si]1C=CC=CC1. The molecule has 0 aromatic heterocycles. The van der Waals surface area contributed by atoms with Crippen molar-refractivity contribution in [3.05, 3.63) is 23.9 Å². The summed E-state index contributed by atoms with van der Waals surface area (Å²) in [5.41, 5.74) is 2.27. The van der Waals surface area contributed by atoms with Crippen LogP contribution >= 0.6 is 0 Å². The third kappa shape index (κ3) is 1.64. The van der Waals surface area contributed by atoms with Crippen LogP contribution in [0.2, 0.25) is 6.04 Å². The average molecular weight is 173 g/mol. The fourth-order valence-electron chi connectivity index (χ4n) is 0.494. The third-order valence-corrected chi connectivity index (χ3v) is 3.96. The quantitative estimate of drug-likeness (QED) is 0.475. The van der Waals surface area contributed by atoms with E-state index < -0.39 is 0 Å². The van der Waals surface area contributed by atoms with Crippen molar-refractivity contribution >= 4 is 21.8 Å². The van der Waals surface area contributed by atoms with Gasteiger partial charge >= 0.3 is 51.8 Å². The van der Waals surface area contributed by atoms with Gasteiger partial charge in [-0.05, 0) is 0 Å². The van der Waals surface area contributed by atoms with Crippen LogP contribution in [0, 0.1) is 0 Å². The van der Waals surface area contributed by atoms with E-state index >= 15 is 0 Å². The molecule has 1 aliphatic heterocycles. The molecule has 0 aromatic carbocycles. The summed E-state index contributed by atoms with van der Waals surface area (Å²) in [4.78, 5) is 0. The molecule has 1 aliphatic rings. The summed E-state index contributed by atoms with van der Waals surface area (Å²) in [6, 6.07) is 1.27. The molecule has 0 aromatic rings. The van der Waals surface area contributed by atoms with Gasteiger partial charge in [-0.15, -0.1) is 0 Å². The summed E-state index contributed by atoms with van der Waals surface area (Å²) in [6.07, 6.45) is 6.44. The molecule has 0 spiro atoms. The molecule has 0 bridgehead atoms. The first-order valence-electron chi connectivity index (χ1n) is 2.25. The van der Waals surface area contributed by atoms with Gasteiger partial charge in [0.05, 0.1) is 0 Å². The van der Waals surface area contributed by atoms with Crippen molar-refractivity contribution < 1.29 is 0 Å². The van der Waals surface area contributed by atoms with Crippen LogP contribution in [0.5, 0.6) is 0 Å². The van der Waals surface area contributed by atoms with Crippen molar-refractivity contribution in [1.29, 1.82) is 0 Å². The van der Waals surface area contributed by atoms with Crippen molar-refractivity contribution in [2.45, 2.75) is 6.04 Å². The Balaban J connectivity index is 2.66. The first-order valence-corrected chi connectivity index (χ1v) is 6.52. The molecule has 0 fully saturated rings. The minimum absolute atomic E-state index is 0.185. The van der Waals surface area contributed by atoms with Gasteiger partial charge in [-0.2, -0.15) is 0 Å². The van der Waals surface area contributed by atoms with E-state index in [1.807, 2.05) is 0 Å². The minimum atomic E-state index is -0.185. The summed E-state index contributed by atoms with van der Waals surface area (Å²) < 4.78 is 0. The van der Waals surface area contributed by atoms with Gasteiger partial charge in [0.1, 0.15) is 0 Å². The van der Waals surface area contributed by atoms with Crippen LogP contribution in [-0.4, -0.2) is 21.8 Å². The monoisotopic (exact) mass is 174 g/mol. The van der Waals surface area contributed by atoms with Crippen molar-refractivity contribution in [2.75, 3.05) is 0 Å². The summed E-state index contributed by atoms with van der Waals surface area (Å²) >= 11 is 3.14. The molecule has 0 aliphatic carbocycles. The molecule has 1 heterocycles. The molecule has 0 radical (unpaired) electrons. The standard InChI is InChI=1S/C5H6SeSi/c6-7-4-2-1-3-5-7/h1-4H,5H2. The molecule has 0 nitrogen and oxygen atoms in total. The van der Waals surface area contributed by atoms with Crippen molar-refractivity contribution in [1.82, 2.24) is 0 Å². The molecule has 2 heteroatoms. The van der Waals surface area contributed by atoms with Gasteiger partial charge in [-0.3, -0.25) is 0 Å². The number of rotatable bonds is 0. The summed E-state index contributed by atoms with van der Waals surface area (Å²) in [5, 5.41) is 0. The van der Waals surface area contributed by atoms with Gasteiger partial charge in [-0.1, -0.05) is 0 Å². The molecule has 0 atom stereocenters. The van der Waals surface area contributed by atoms with Crippen molar-refractivity contribution in [3.8, 4) is 0 Å². The van der Waals surface area contributed by atoms with Gasteiger partial charge in [0.15, 0.2) is 0 Å². The summed E-state index contributed by atoms with van der Waals surface area (Å²) in [5.74, 6) is 0. The van der Waals surface area contributed by atoms with E-state index in [1.54, 1.807) is 0 Å². The third-order valence-electron chi connectivity index (χ3n) is 0.848. The first-order chi connectivity index (χ1) is 3.39. The van der Waals surface area contributed by atoms with Crippen molar-refractivity contribution in [2.24, 2.45) is 0 Å². The Hall–Kier alpha value is 0.216. The zero-order valence-electron chi connectivity index (χ0n) is 3.92. The Morgan fingerprint density at radius 2 is 2.29 bits per heavy atom. The van der Waals surface area contributed by atoms with E-state index in [4.69, 9.17) is 0 Å². The fourth-order valence-corrected chi connectivity index (χ4v) is 2.42. The van der Waals surface area contributed by atoms with Crippen LogP contribution in [0.3, 0.4) is 0 Å². The van der Waals surface area contributed by atoms with Crippen LogP contribution in [0.25, 0.3) is 0 Å². The Kier molecular flexibility index (Phi) is 1.92. The van der Waals surface area contributed by atoms with Crippen LogP contribution < -0.4 is 0 Å². The van der Waals surface area contributed by atoms with E-state index in [0.29, 0.717) is 0 Å².